The fraction of sp³-hybridized carbons (Fsp3) is 0.0513. The first-order chi connectivity index (χ1) is 24.1. The van der Waals surface area contributed by atoms with E-state index < -0.39 is 20.8 Å². The summed E-state index contributed by atoms with van der Waals surface area (Å²) in [5, 5.41) is 0.723. The first-order valence-corrected chi connectivity index (χ1v) is 16.8. The number of pyridine rings is 4. The predicted molar refractivity (Wildman–Crippen MR) is 185 cm³/mol. The Morgan fingerprint density at radius 2 is 1.42 bits per heavy atom. The van der Waals surface area contributed by atoms with E-state index in [1.165, 1.54) is 31.2 Å². The Kier molecular flexibility index (Phi) is 12.4. The van der Waals surface area contributed by atoms with E-state index in [1.807, 2.05) is 61.5 Å². The Bertz CT molecular complexity index is 2530. The van der Waals surface area contributed by atoms with Crippen molar-refractivity contribution in [1.29, 1.82) is 0 Å². The van der Waals surface area contributed by atoms with Crippen molar-refractivity contribution in [3.8, 4) is 45.9 Å². The Morgan fingerprint density at radius 1 is 0.712 bits per heavy atom. The van der Waals surface area contributed by atoms with Gasteiger partial charge in [-0.05, 0) is 73.5 Å². The summed E-state index contributed by atoms with van der Waals surface area (Å²) in [6.45, 7) is 3.50. The van der Waals surface area contributed by atoms with Gasteiger partial charge in [0, 0.05) is 41.2 Å². The van der Waals surface area contributed by atoms with Gasteiger partial charge in [-0.2, -0.15) is 12.1 Å². The Balaban J connectivity index is 0.00000261. The van der Waals surface area contributed by atoms with Gasteiger partial charge < -0.3 is 18.8 Å². The van der Waals surface area contributed by atoms with E-state index in [1.54, 1.807) is 36.7 Å². The predicted octanol–water partition coefficient (Wildman–Crippen LogP) is 1.90. The van der Waals surface area contributed by atoms with Gasteiger partial charge in [-0.25, -0.2) is 18.4 Å². The van der Waals surface area contributed by atoms with Gasteiger partial charge in [0.15, 0.2) is 0 Å². The van der Waals surface area contributed by atoms with E-state index in [2.05, 4.69) is 21.0 Å². The Labute approximate surface area is 344 Å². The van der Waals surface area contributed by atoms with Crippen LogP contribution in [0.5, 0.6) is 23.1 Å². The van der Waals surface area contributed by atoms with Crippen LogP contribution in [0.25, 0.3) is 33.7 Å². The van der Waals surface area contributed by atoms with Gasteiger partial charge in [-0.3, -0.25) is 9.97 Å². The standard InChI is InChI=1S/C39H27N4O6S.2Na/c1-24-16-18-40-34(20-24)32-8-5-9-33(42-32)35-22-29(17-19-41-35)49-38-23-36(30-6-3-4-7-31(30)43-38)48-28-14-12-26(13-15-28)39(44)27-11-10-25(2)37(21-27)50(45,46)47;;/h3-14,16-23H,1-2H3,(H,45,46,47);;/q-1;2*+1/p-1. The number of ether oxygens (including phenoxy) is 2. The minimum Gasteiger partial charge on any atom is -0.744 e. The number of ketones is 1. The molecule has 0 amide bonds. The van der Waals surface area contributed by atoms with Crippen LogP contribution in [0.2, 0.25) is 0 Å². The third-order valence-corrected chi connectivity index (χ3v) is 8.76. The maximum absolute atomic E-state index is 13.1. The van der Waals surface area contributed by atoms with Gasteiger partial charge in [0.1, 0.15) is 27.4 Å². The van der Waals surface area contributed by atoms with Crippen molar-refractivity contribution >= 4 is 26.8 Å². The minimum absolute atomic E-state index is 0. The van der Waals surface area contributed by atoms with Crippen LogP contribution in [0.1, 0.15) is 27.0 Å². The number of fused-ring (bicyclic) bond motifs is 1. The Morgan fingerprint density at radius 3 is 2.13 bits per heavy atom. The second-order valence-electron chi connectivity index (χ2n) is 11.4. The molecule has 52 heavy (non-hydrogen) atoms. The van der Waals surface area contributed by atoms with Crippen LogP contribution in [-0.2, 0) is 10.1 Å². The van der Waals surface area contributed by atoms with E-state index in [0.29, 0.717) is 34.2 Å². The van der Waals surface area contributed by atoms with Crippen molar-refractivity contribution in [2.24, 2.45) is 0 Å². The van der Waals surface area contributed by atoms with Crippen molar-refractivity contribution in [2.75, 3.05) is 0 Å². The van der Waals surface area contributed by atoms with Gasteiger partial charge in [0.2, 0.25) is 5.88 Å². The number of hydrogen-bond donors (Lipinski definition) is 0. The molecule has 4 aromatic heterocycles. The first kappa shape index (κ1) is 38.9. The number of benzene rings is 3. The van der Waals surface area contributed by atoms with Crippen molar-refractivity contribution in [2.45, 2.75) is 18.7 Å². The van der Waals surface area contributed by atoms with Crippen LogP contribution < -0.4 is 68.6 Å². The van der Waals surface area contributed by atoms with Crippen molar-refractivity contribution in [3.05, 3.63) is 150 Å². The van der Waals surface area contributed by atoms with E-state index in [4.69, 9.17) is 14.5 Å². The van der Waals surface area contributed by atoms with Crippen LogP contribution in [-0.4, -0.2) is 38.7 Å². The molecule has 7 rings (SSSR count). The third-order valence-electron chi connectivity index (χ3n) is 7.78. The molecule has 0 bridgehead atoms. The van der Waals surface area contributed by atoms with Crippen molar-refractivity contribution in [1.82, 2.24) is 19.9 Å². The molecule has 0 fully saturated rings. The maximum atomic E-state index is 13.1. The van der Waals surface area contributed by atoms with Crippen LogP contribution >= 0.6 is 0 Å². The molecule has 0 radical (unpaired) electrons. The zero-order valence-corrected chi connectivity index (χ0v) is 33.5. The molecule has 0 atom stereocenters. The van der Waals surface area contributed by atoms with E-state index in [9.17, 15) is 17.8 Å². The van der Waals surface area contributed by atoms with Gasteiger partial charge in [0.25, 0.3) is 0 Å². The maximum Gasteiger partial charge on any atom is 1.00 e. The molecule has 3 aromatic carbocycles. The molecule has 7 aromatic rings. The van der Waals surface area contributed by atoms with E-state index >= 15 is 0 Å². The number of aromatic nitrogens is 4. The largest absolute Gasteiger partial charge is 1.00 e. The molecule has 0 N–H and O–H groups in total. The van der Waals surface area contributed by atoms with Crippen LogP contribution in [0.3, 0.4) is 0 Å². The van der Waals surface area contributed by atoms with Gasteiger partial charge in [0.05, 0.1) is 33.2 Å². The van der Waals surface area contributed by atoms with E-state index in [0.717, 1.165) is 28.4 Å². The van der Waals surface area contributed by atoms with Crippen LogP contribution in [0, 0.1) is 19.9 Å². The topological polar surface area (TPSA) is 144 Å². The minimum atomic E-state index is -4.74. The number of hydrogen-bond acceptors (Lipinski definition) is 10. The molecule has 0 spiro atoms. The van der Waals surface area contributed by atoms with Gasteiger partial charge in [-0.1, -0.05) is 35.9 Å². The normalized spacial score (nSPS) is 10.9. The number of carbonyl (C=O) groups excluding carboxylic acids is 1. The molecule has 246 valence electrons. The van der Waals surface area contributed by atoms with Crippen LogP contribution in [0.4, 0.5) is 0 Å². The number of rotatable bonds is 9. The second kappa shape index (κ2) is 16.6. The number of nitrogens with zero attached hydrogens (tertiary/aromatic N) is 4. The Hall–Kier alpha value is -4.30. The summed E-state index contributed by atoms with van der Waals surface area (Å²) in [6, 6.07) is 33.7. The van der Waals surface area contributed by atoms with Crippen molar-refractivity contribution in [3.63, 3.8) is 0 Å². The molecule has 0 aliphatic rings. The molecule has 0 unspecified atom stereocenters. The molecule has 0 aliphatic carbocycles. The smallest absolute Gasteiger partial charge is 0.744 e. The molecular weight excluding hydrogens is 698 g/mol. The monoisotopic (exact) mass is 724 g/mol. The van der Waals surface area contributed by atoms with Crippen molar-refractivity contribution < 1.29 is 86.4 Å². The quantitative estimate of drug-likeness (QED) is 0.0938. The zero-order chi connectivity index (χ0) is 34.8. The molecule has 0 saturated carbocycles. The summed E-state index contributed by atoms with van der Waals surface area (Å²) < 4.78 is 47.3. The first-order valence-electron chi connectivity index (χ1n) is 15.4. The third kappa shape index (κ3) is 8.83. The summed E-state index contributed by atoms with van der Waals surface area (Å²) in [7, 11) is -4.74. The molecular formula is C39H26N4Na2O6S. The number of carbonyl (C=O) groups is 1. The summed E-state index contributed by atoms with van der Waals surface area (Å²) in [5.74, 6) is 1.06. The average Bonchev–Trinajstić information content (AvgIpc) is 3.11. The molecule has 0 aliphatic heterocycles. The zero-order valence-electron chi connectivity index (χ0n) is 28.7. The summed E-state index contributed by atoms with van der Waals surface area (Å²) >= 11 is 0. The fourth-order valence-electron chi connectivity index (χ4n) is 5.30. The number of para-hydroxylation sites is 1. The SMILES string of the molecule is Cc1ccnc(-c2cccc(-c3cc(Oc4cc(Oc5[c-]cc(C(=O)c6ccc(C)c(S(=O)(=O)[O-])c6)cc5)c5ccccc5n4)ccn3)n2)c1.[Na+].[Na+]. The summed E-state index contributed by atoms with van der Waals surface area (Å²) in [6.07, 6.45) is 3.39. The number of aryl methyl sites for hydroxylation is 2. The van der Waals surface area contributed by atoms with Gasteiger partial charge in [-0.15, -0.1) is 12.1 Å². The van der Waals surface area contributed by atoms with E-state index in [-0.39, 0.29) is 81.7 Å². The average molecular weight is 725 g/mol. The second-order valence-corrected chi connectivity index (χ2v) is 12.7. The summed E-state index contributed by atoms with van der Waals surface area (Å²) in [5.41, 5.74) is 5.05. The van der Waals surface area contributed by atoms with Crippen LogP contribution in [0.15, 0.2) is 126 Å². The fourth-order valence-corrected chi connectivity index (χ4v) is 6.03. The molecule has 0 saturated heterocycles. The summed E-state index contributed by atoms with van der Waals surface area (Å²) in [4.78, 5) is 31.1. The molecule has 13 heteroatoms. The molecule has 10 nitrogen and oxygen atoms in total. The van der Waals surface area contributed by atoms with Gasteiger partial charge >= 0.3 is 59.1 Å². The molecule has 4 heterocycles.